The van der Waals surface area contributed by atoms with Crippen molar-refractivity contribution in [2.24, 2.45) is 81.3 Å². The first-order valence-corrected chi connectivity index (χ1v) is 20.3. The van der Waals surface area contributed by atoms with Crippen LogP contribution in [0.2, 0.25) is 0 Å². The molecule has 5 aliphatic heterocycles. The smallest absolute Gasteiger partial charge is 0.328 e. The zero-order valence-electron chi connectivity index (χ0n) is 28.1. The number of urea groups is 1. The minimum absolute atomic E-state index is 0.147. The highest BCUT2D eigenvalue weighted by molar-refractivity contribution is 7.91. The Morgan fingerprint density at radius 2 is 1.52 bits per heavy atom. The minimum Gasteiger partial charge on any atom is -0.393 e. The molecule has 2 amide bonds. The van der Waals surface area contributed by atoms with Crippen LogP contribution >= 0.6 is 0 Å². The molecule has 44 heavy (non-hydrogen) atoms. The second-order valence-electron chi connectivity index (χ2n) is 18.6. The van der Waals surface area contributed by atoms with Gasteiger partial charge in [0.05, 0.1) is 10.9 Å². The summed E-state index contributed by atoms with van der Waals surface area (Å²) < 4.78 is 29.5. The molecule has 1 spiro atoms. The largest absolute Gasteiger partial charge is 0.393 e. The van der Waals surface area contributed by atoms with Gasteiger partial charge in [0.2, 0.25) is 10.0 Å². The Balaban J connectivity index is 1.15. The summed E-state index contributed by atoms with van der Waals surface area (Å²) in [6, 6.07) is -0.542. The molecule has 5 heterocycles. The van der Waals surface area contributed by atoms with E-state index >= 15 is 0 Å². The van der Waals surface area contributed by atoms with E-state index in [9.17, 15) is 18.3 Å². The summed E-state index contributed by atoms with van der Waals surface area (Å²) in [5.74, 6) is 5.72. The molecule has 3 unspecified atom stereocenters. The summed E-state index contributed by atoms with van der Waals surface area (Å²) in [6.07, 6.45) is 15.8. The van der Waals surface area contributed by atoms with Gasteiger partial charge in [0, 0.05) is 6.54 Å². The molecular formula is C37H60N2O4S. The van der Waals surface area contributed by atoms with Gasteiger partial charge in [0.15, 0.2) is 0 Å². The number of carbonyl (C=O) groups is 1. The summed E-state index contributed by atoms with van der Waals surface area (Å²) in [5, 5.41) is 15.3. The molecule has 12 fully saturated rings. The summed E-state index contributed by atoms with van der Waals surface area (Å²) in [4.78, 5) is 13.1. The third-order valence-electron chi connectivity index (χ3n) is 17.6. The first-order chi connectivity index (χ1) is 20.8. The van der Waals surface area contributed by atoms with Gasteiger partial charge in [0.25, 0.3) is 0 Å². The molecule has 12 rings (SSSR count). The molecule has 248 valence electrons. The second-order valence-corrected chi connectivity index (χ2v) is 20.7. The average Bonchev–Trinajstić information content (AvgIpc) is 3.57. The predicted octanol–water partition coefficient (Wildman–Crippen LogP) is 7.12. The Morgan fingerprint density at radius 3 is 2.27 bits per heavy atom. The average molecular weight is 629 g/mol. The predicted molar refractivity (Wildman–Crippen MR) is 173 cm³/mol. The molecule has 3 N–H and O–H groups in total. The lowest BCUT2D eigenvalue weighted by Crippen LogP contribution is -2.62. The second kappa shape index (κ2) is 9.86. The van der Waals surface area contributed by atoms with Crippen LogP contribution < -0.4 is 10.0 Å². The van der Waals surface area contributed by atoms with Crippen molar-refractivity contribution in [3.05, 3.63) is 0 Å². The Hall–Kier alpha value is -0.820. The zero-order chi connectivity index (χ0) is 31.0. The summed E-state index contributed by atoms with van der Waals surface area (Å²) in [6.45, 7) is 12.3. The Kier molecular flexibility index (Phi) is 6.84. The quantitative estimate of drug-likeness (QED) is 0.288. The molecule has 0 radical (unpaired) electrons. The van der Waals surface area contributed by atoms with Crippen LogP contribution in [-0.2, 0) is 10.0 Å². The zero-order valence-corrected chi connectivity index (χ0v) is 28.9. The monoisotopic (exact) mass is 628 g/mol. The SMILES string of the molecule is CC[C@H]1[C@@H](O)[C@@H]2[C@@H]3CC[C@]4(C)[C@H](CC[C@@H]24)[C@H](C)CCNC(=O)NS(=O)(=O)C2(C)CC4CCC2C42CC(C2)[C@@H]2CC[C@@]3(C)[C@H]1C2. The molecule has 0 aromatic rings. The maximum atomic E-state index is 13.9. The van der Waals surface area contributed by atoms with Gasteiger partial charge in [-0.2, -0.15) is 0 Å². The third-order valence-corrected chi connectivity index (χ3v) is 19.7. The van der Waals surface area contributed by atoms with Crippen molar-refractivity contribution < 1.29 is 18.3 Å². The normalized spacial score (nSPS) is 59.1. The molecular weight excluding hydrogens is 568 g/mol. The number of rotatable bonds is 1. The van der Waals surface area contributed by atoms with Gasteiger partial charge >= 0.3 is 6.03 Å². The highest BCUT2D eigenvalue weighted by Crippen LogP contribution is 2.76. The molecule has 0 aromatic heterocycles. The van der Waals surface area contributed by atoms with Crippen LogP contribution in [-0.4, -0.2) is 37.0 Å². The van der Waals surface area contributed by atoms with Crippen LogP contribution in [0.15, 0.2) is 0 Å². The maximum Gasteiger partial charge on any atom is 0.328 e. The lowest BCUT2D eigenvalue weighted by Gasteiger charge is -2.66. The van der Waals surface area contributed by atoms with Crippen molar-refractivity contribution in [3.63, 3.8) is 0 Å². The van der Waals surface area contributed by atoms with Crippen LogP contribution in [0.1, 0.15) is 125 Å². The highest BCUT2D eigenvalue weighted by atomic mass is 32.2. The molecule has 7 heteroatoms. The molecule has 5 saturated heterocycles. The number of nitrogens with one attached hydrogen (secondary N) is 2. The van der Waals surface area contributed by atoms with Crippen LogP contribution in [0.25, 0.3) is 0 Å². The van der Waals surface area contributed by atoms with E-state index in [1.807, 2.05) is 6.92 Å². The maximum absolute atomic E-state index is 13.9. The van der Waals surface area contributed by atoms with Gasteiger partial charge < -0.3 is 10.4 Å². The Morgan fingerprint density at radius 1 is 0.841 bits per heavy atom. The summed E-state index contributed by atoms with van der Waals surface area (Å²) >= 11 is 0. The standard InChI is InChI=1S/C37H60N2O4S/c1-6-25-29-17-22-11-14-35(29,4)28-12-15-34(3)26(8-9-27(34)31(28)32(25)40)21(2)13-16-38-33(41)39-44(42,43)36(5)20-24-7-10-30(36)37(24)18-23(22)19-37/h21-32,40H,6-20H2,1-5H3,(H2,38,39,41)/t21-,22-,23?,24?,25-,26-,27+,28+,29+,30?,31+,32-,34-,35-,36?,37?/m1/s1. The van der Waals surface area contributed by atoms with E-state index in [4.69, 9.17) is 0 Å². The molecule has 0 aromatic carbocycles. The van der Waals surface area contributed by atoms with Crippen molar-refractivity contribution in [3.8, 4) is 0 Å². The number of hydrogen-bond donors (Lipinski definition) is 3. The number of sulfonamides is 1. The van der Waals surface area contributed by atoms with Crippen LogP contribution in [0, 0.1) is 81.3 Å². The van der Waals surface area contributed by atoms with Crippen LogP contribution in [0.5, 0.6) is 0 Å². The minimum atomic E-state index is -3.79. The van der Waals surface area contributed by atoms with E-state index in [0.717, 1.165) is 25.7 Å². The van der Waals surface area contributed by atoms with Crippen molar-refractivity contribution >= 4 is 16.1 Å². The fourth-order valence-corrected chi connectivity index (χ4v) is 17.2. The lowest BCUT2D eigenvalue weighted by molar-refractivity contribution is -0.205. The highest BCUT2D eigenvalue weighted by Gasteiger charge is 2.72. The van der Waals surface area contributed by atoms with Gasteiger partial charge in [-0.15, -0.1) is 0 Å². The third kappa shape index (κ3) is 3.81. The number of carbonyl (C=O) groups excluding carboxylic acids is 1. The van der Waals surface area contributed by atoms with Crippen molar-refractivity contribution in [2.75, 3.05) is 6.54 Å². The fraction of sp³-hybridized carbons (Fsp3) is 0.973. The first kappa shape index (κ1) is 30.5. The van der Waals surface area contributed by atoms with E-state index < -0.39 is 20.8 Å². The van der Waals surface area contributed by atoms with E-state index in [1.54, 1.807) is 0 Å². The molecule has 7 saturated carbocycles. The van der Waals surface area contributed by atoms with Gasteiger partial charge in [-0.25, -0.2) is 17.9 Å². The van der Waals surface area contributed by atoms with Gasteiger partial charge in [0.1, 0.15) is 0 Å². The number of aliphatic hydroxyl groups is 1. The fourth-order valence-electron chi connectivity index (χ4n) is 15.5. The van der Waals surface area contributed by atoms with Crippen LogP contribution in [0.3, 0.4) is 0 Å². The topological polar surface area (TPSA) is 95.5 Å². The van der Waals surface area contributed by atoms with Gasteiger partial charge in [-0.05, 0) is 172 Å². The van der Waals surface area contributed by atoms with Gasteiger partial charge in [-0.3, -0.25) is 0 Å². The number of hydrogen-bond acceptors (Lipinski definition) is 4. The van der Waals surface area contributed by atoms with Crippen molar-refractivity contribution in [2.45, 2.75) is 135 Å². The first-order valence-electron chi connectivity index (χ1n) is 18.8. The molecule has 6 nitrogen and oxygen atoms in total. The van der Waals surface area contributed by atoms with E-state index in [0.29, 0.717) is 77.6 Å². The van der Waals surface area contributed by atoms with E-state index in [2.05, 4.69) is 37.7 Å². The Bertz CT molecular complexity index is 1300. The molecule has 13 bridgehead atoms. The number of amides is 2. The molecule has 14 atom stereocenters. The summed E-state index contributed by atoms with van der Waals surface area (Å²) in [7, 11) is -3.79. The van der Waals surface area contributed by atoms with E-state index in [-0.39, 0.29) is 22.9 Å². The summed E-state index contributed by atoms with van der Waals surface area (Å²) in [5.41, 5.74) is 0.716. The Labute approximate surface area is 267 Å². The molecule has 7 aliphatic carbocycles. The van der Waals surface area contributed by atoms with Crippen molar-refractivity contribution in [1.82, 2.24) is 10.0 Å². The van der Waals surface area contributed by atoms with Crippen molar-refractivity contribution in [1.29, 1.82) is 0 Å². The van der Waals surface area contributed by atoms with E-state index in [1.165, 1.54) is 57.8 Å². The molecule has 12 aliphatic rings. The van der Waals surface area contributed by atoms with Gasteiger partial charge in [-0.1, -0.05) is 34.1 Å². The lowest BCUT2D eigenvalue weighted by atomic mass is 9.40. The van der Waals surface area contributed by atoms with Crippen LogP contribution in [0.4, 0.5) is 4.79 Å². The number of aliphatic hydroxyl groups excluding tert-OH is 1.